The maximum Gasteiger partial charge on any atom is 0.271 e. The lowest BCUT2D eigenvalue weighted by Gasteiger charge is -2.07. The third-order valence-corrected chi connectivity index (χ3v) is 5.51. The van der Waals surface area contributed by atoms with Gasteiger partial charge in [0.2, 0.25) is 0 Å². The highest BCUT2D eigenvalue weighted by Gasteiger charge is 2.08. The zero-order chi connectivity index (χ0) is 21.8. The summed E-state index contributed by atoms with van der Waals surface area (Å²) in [7, 11) is 0. The van der Waals surface area contributed by atoms with Crippen LogP contribution in [0.4, 0.5) is 0 Å². The van der Waals surface area contributed by atoms with Gasteiger partial charge in [0.1, 0.15) is 5.75 Å². The number of benzene rings is 3. The number of phenols is 1. The van der Waals surface area contributed by atoms with Crippen LogP contribution in [0.2, 0.25) is 5.02 Å². The number of phenolic OH excluding ortho intramolecular Hbond substituents is 1. The van der Waals surface area contributed by atoms with Crippen molar-refractivity contribution in [3.05, 3.63) is 100 Å². The number of halogens is 1. The Morgan fingerprint density at radius 1 is 1.10 bits per heavy atom. The number of nitrogens with one attached hydrogen (secondary N) is 1. The summed E-state index contributed by atoms with van der Waals surface area (Å²) < 4.78 is 2.20. The molecule has 2 N–H and O–H groups in total. The van der Waals surface area contributed by atoms with Crippen LogP contribution in [0.15, 0.2) is 78.0 Å². The Hall–Kier alpha value is -3.57. The first kappa shape index (κ1) is 20.7. The second kappa shape index (κ2) is 9.06. The fourth-order valence-electron chi connectivity index (χ4n) is 3.45. The van der Waals surface area contributed by atoms with Gasteiger partial charge in [0.05, 0.1) is 11.2 Å². The van der Waals surface area contributed by atoms with Crippen LogP contribution in [0.1, 0.15) is 34.0 Å². The van der Waals surface area contributed by atoms with Crippen molar-refractivity contribution in [3.8, 4) is 5.75 Å². The molecule has 1 aromatic heterocycles. The van der Waals surface area contributed by atoms with Crippen LogP contribution in [0.5, 0.6) is 5.75 Å². The van der Waals surface area contributed by atoms with E-state index in [1.165, 1.54) is 29.3 Å². The Labute approximate surface area is 185 Å². The molecular formula is C25H22ClN3O2. The normalized spacial score (nSPS) is 11.3. The van der Waals surface area contributed by atoms with Gasteiger partial charge in [0, 0.05) is 34.8 Å². The zero-order valence-electron chi connectivity index (χ0n) is 17.0. The third-order valence-electron chi connectivity index (χ3n) is 5.21. The summed E-state index contributed by atoms with van der Waals surface area (Å²) in [6.45, 7) is 2.94. The number of nitrogens with zero attached hydrogens (tertiary/aromatic N) is 2. The highest BCUT2D eigenvalue weighted by molar-refractivity contribution is 6.32. The molecule has 0 aliphatic heterocycles. The van der Waals surface area contributed by atoms with Gasteiger partial charge in [0.15, 0.2) is 0 Å². The monoisotopic (exact) mass is 431 g/mol. The van der Waals surface area contributed by atoms with Gasteiger partial charge in [-0.3, -0.25) is 4.79 Å². The summed E-state index contributed by atoms with van der Waals surface area (Å²) >= 11 is 5.86. The van der Waals surface area contributed by atoms with Gasteiger partial charge in [-0.25, -0.2) is 5.43 Å². The molecule has 0 radical (unpaired) electrons. The molecule has 0 saturated carbocycles. The molecule has 4 rings (SSSR count). The molecule has 0 spiro atoms. The fraction of sp³-hybridized carbons (Fsp3) is 0.120. The quantitative estimate of drug-likeness (QED) is 0.318. The summed E-state index contributed by atoms with van der Waals surface area (Å²) in [5.74, 6) is -0.474. The first-order valence-electron chi connectivity index (χ1n) is 10.0. The van der Waals surface area contributed by atoms with Crippen molar-refractivity contribution < 1.29 is 9.90 Å². The van der Waals surface area contributed by atoms with Crippen molar-refractivity contribution in [1.82, 2.24) is 9.99 Å². The molecule has 1 amide bonds. The standard InChI is InChI=1S/C25H22ClN3O2/c1-2-17-6-8-18(9-7-17)16-29-13-12-21-20(4-3-5-23(21)29)15-27-28-25(31)19-10-11-24(30)22(26)14-19/h3-15,30H,2,16H2,1H3,(H,28,31). The third kappa shape index (κ3) is 4.62. The Bertz CT molecular complexity index is 1260. The van der Waals surface area contributed by atoms with Crippen LogP contribution >= 0.6 is 11.6 Å². The largest absolute Gasteiger partial charge is 0.506 e. The van der Waals surface area contributed by atoms with E-state index in [0.29, 0.717) is 5.56 Å². The van der Waals surface area contributed by atoms with Crippen molar-refractivity contribution in [1.29, 1.82) is 0 Å². The van der Waals surface area contributed by atoms with Crippen LogP contribution in [0, 0.1) is 0 Å². The molecule has 0 unspecified atom stereocenters. The highest BCUT2D eigenvalue weighted by Crippen LogP contribution is 2.24. The Morgan fingerprint density at radius 2 is 1.87 bits per heavy atom. The second-order valence-electron chi connectivity index (χ2n) is 7.26. The van der Waals surface area contributed by atoms with E-state index < -0.39 is 5.91 Å². The van der Waals surface area contributed by atoms with Crippen LogP contribution < -0.4 is 5.43 Å². The van der Waals surface area contributed by atoms with Crippen molar-refractivity contribution in [3.63, 3.8) is 0 Å². The molecule has 0 atom stereocenters. The zero-order valence-corrected chi connectivity index (χ0v) is 17.8. The number of aryl methyl sites for hydroxylation is 1. The molecule has 4 aromatic rings. The van der Waals surface area contributed by atoms with Gasteiger partial charge in [-0.05, 0) is 47.9 Å². The molecule has 5 nitrogen and oxygen atoms in total. The average Bonchev–Trinajstić information content (AvgIpc) is 3.19. The number of hydrogen-bond donors (Lipinski definition) is 2. The van der Waals surface area contributed by atoms with E-state index in [-0.39, 0.29) is 10.8 Å². The predicted molar refractivity (Wildman–Crippen MR) is 125 cm³/mol. The summed E-state index contributed by atoms with van der Waals surface area (Å²) in [6, 6.07) is 21.0. The van der Waals surface area contributed by atoms with Gasteiger partial charge in [-0.15, -0.1) is 0 Å². The van der Waals surface area contributed by atoms with E-state index in [1.54, 1.807) is 6.21 Å². The Morgan fingerprint density at radius 3 is 2.61 bits per heavy atom. The number of carbonyl (C=O) groups excluding carboxylic acids is 1. The summed E-state index contributed by atoms with van der Waals surface area (Å²) in [4.78, 5) is 12.2. The minimum absolute atomic E-state index is 0.0702. The van der Waals surface area contributed by atoms with Gasteiger partial charge in [-0.1, -0.05) is 54.9 Å². The van der Waals surface area contributed by atoms with E-state index in [4.69, 9.17) is 11.6 Å². The molecule has 31 heavy (non-hydrogen) atoms. The van der Waals surface area contributed by atoms with Gasteiger partial charge in [0.25, 0.3) is 5.91 Å². The lowest BCUT2D eigenvalue weighted by molar-refractivity contribution is 0.0955. The second-order valence-corrected chi connectivity index (χ2v) is 7.67. The minimum Gasteiger partial charge on any atom is -0.506 e. The fourth-order valence-corrected chi connectivity index (χ4v) is 3.63. The van der Waals surface area contributed by atoms with Crippen molar-refractivity contribution in [2.75, 3.05) is 0 Å². The van der Waals surface area contributed by atoms with Crippen molar-refractivity contribution in [2.24, 2.45) is 5.10 Å². The molecule has 0 aliphatic carbocycles. The average molecular weight is 432 g/mol. The number of aromatic nitrogens is 1. The van der Waals surface area contributed by atoms with E-state index in [2.05, 4.69) is 64.6 Å². The van der Waals surface area contributed by atoms with Crippen molar-refractivity contribution in [2.45, 2.75) is 19.9 Å². The summed E-state index contributed by atoms with van der Waals surface area (Å²) in [5, 5.41) is 14.7. The summed E-state index contributed by atoms with van der Waals surface area (Å²) in [5.41, 5.74) is 7.39. The molecule has 3 aromatic carbocycles. The maximum atomic E-state index is 12.2. The molecule has 0 fully saturated rings. The van der Waals surface area contributed by atoms with Crippen LogP contribution in [0.25, 0.3) is 10.9 Å². The molecule has 0 aliphatic rings. The van der Waals surface area contributed by atoms with E-state index >= 15 is 0 Å². The number of carbonyl (C=O) groups is 1. The van der Waals surface area contributed by atoms with Crippen LogP contribution in [-0.2, 0) is 13.0 Å². The Balaban J connectivity index is 1.50. The highest BCUT2D eigenvalue weighted by atomic mass is 35.5. The van der Waals surface area contributed by atoms with Crippen molar-refractivity contribution >= 4 is 34.6 Å². The van der Waals surface area contributed by atoms with E-state index in [0.717, 1.165) is 29.4 Å². The van der Waals surface area contributed by atoms with Gasteiger partial charge in [-0.2, -0.15) is 5.10 Å². The first-order valence-corrected chi connectivity index (χ1v) is 10.4. The molecule has 0 bridgehead atoms. The maximum absolute atomic E-state index is 12.2. The lowest BCUT2D eigenvalue weighted by atomic mass is 10.1. The number of rotatable bonds is 6. The topological polar surface area (TPSA) is 66.6 Å². The Kier molecular flexibility index (Phi) is 6.05. The summed E-state index contributed by atoms with van der Waals surface area (Å²) in [6.07, 6.45) is 4.72. The number of hydrazone groups is 1. The SMILES string of the molecule is CCc1ccc(Cn2ccc3c(C=NNC(=O)c4ccc(O)c(Cl)c4)cccc32)cc1. The van der Waals surface area contributed by atoms with Crippen LogP contribution in [-0.4, -0.2) is 21.8 Å². The molecule has 1 heterocycles. The number of aromatic hydroxyl groups is 1. The lowest BCUT2D eigenvalue weighted by Crippen LogP contribution is -2.17. The first-order chi connectivity index (χ1) is 15.0. The minimum atomic E-state index is -0.404. The van der Waals surface area contributed by atoms with E-state index in [1.807, 2.05) is 12.1 Å². The molecular weight excluding hydrogens is 410 g/mol. The molecule has 0 saturated heterocycles. The number of fused-ring (bicyclic) bond motifs is 1. The molecule has 156 valence electrons. The smallest absolute Gasteiger partial charge is 0.271 e. The number of hydrogen-bond acceptors (Lipinski definition) is 3. The van der Waals surface area contributed by atoms with Gasteiger partial charge < -0.3 is 9.67 Å². The van der Waals surface area contributed by atoms with E-state index in [9.17, 15) is 9.90 Å². The predicted octanol–water partition coefficient (Wildman–Crippen LogP) is 5.37. The molecule has 6 heteroatoms. The van der Waals surface area contributed by atoms with Gasteiger partial charge >= 0.3 is 0 Å². The van der Waals surface area contributed by atoms with Crippen LogP contribution in [0.3, 0.4) is 0 Å². The number of amides is 1.